The molecule has 22 heavy (non-hydrogen) atoms. The summed E-state index contributed by atoms with van der Waals surface area (Å²) in [6.45, 7) is 4.53. The molecule has 1 unspecified atom stereocenters. The Bertz CT molecular complexity index is 576. The molecule has 0 amide bonds. The van der Waals surface area contributed by atoms with Crippen molar-refractivity contribution < 1.29 is 4.74 Å². The van der Waals surface area contributed by atoms with Gasteiger partial charge in [0.05, 0.1) is 24.5 Å². The van der Waals surface area contributed by atoms with Crippen LogP contribution in [0.2, 0.25) is 0 Å². The highest BCUT2D eigenvalue weighted by atomic mass is 16.5. The molecule has 4 heteroatoms. The minimum absolute atomic E-state index is 0.475. The zero-order chi connectivity index (χ0) is 15.2. The number of benzene rings is 1. The van der Waals surface area contributed by atoms with Gasteiger partial charge in [-0.1, -0.05) is 18.2 Å². The van der Waals surface area contributed by atoms with Gasteiger partial charge in [0.25, 0.3) is 0 Å². The molecule has 4 nitrogen and oxygen atoms in total. The van der Waals surface area contributed by atoms with E-state index in [-0.39, 0.29) is 0 Å². The van der Waals surface area contributed by atoms with Crippen LogP contribution in [0, 0.1) is 11.3 Å². The Labute approximate surface area is 132 Å². The number of hydrogen-bond donors (Lipinski definition) is 1. The number of nitrogens with one attached hydrogen (secondary N) is 1. The number of ether oxygens (including phenoxy) is 1. The summed E-state index contributed by atoms with van der Waals surface area (Å²) in [5, 5.41) is 12.9. The number of para-hydroxylation sites is 1. The van der Waals surface area contributed by atoms with Gasteiger partial charge in [-0.25, -0.2) is 0 Å². The second kappa shape index (κ2) is 7.44. The van der Waals surface area contributed by atoms with Crippen LogP contribution in [-0.2, 0) is 4.74 Å². The van der Waals surface area contributed by atoms with Gasteiger partial charge in [-0.05, 0) is 37.0 Å². The summed E-state index contributed by atoms with van der Waals surface area (Å²) in [5.74, 6) is 0. The molecule has 1 N–H and O–H groups in total. The molecule has 2 aliphatic rings. The predicted molar refractivity (Wildman–Crippen MR) is 87.9 cm³/mol. The zero-order valence-corrected chi connectivity index (χ0v) is 12.9. The number of nitriles is 1. The smallest absolute Gasteiger partial charge is 0.101 e. The highest BCUT2D eigenvalue weighted by molar-refractivity contribution is 5.59. The summed E-state index contributed by atoms with van der Waals surface area (Å²) in [6.07, 6.45) is 5.68. The van der Waals surface area contributed by atoms with Crippen molar-refractivity contribution in [3.63, 3.8) is 0 Å². The van der Waals surface area contributed by atoms with Crippen LogP contribution in [-0.4, -0.2) is 38.9 Å². The largest absolute Gasteiger partial charge is 0.377 e. The second-order valence-corrected chi connectivity index (χ2v) is 6.00. The number of nitrogens with zero attached hydrogens (tertiary/aromatic N) is 2. The Hall–Kier alpha value is -1.83. The Morgan fingerprint density at radius 3 is 3.09 bits per heavy atom. The zero-order valence-electron chi connectivity index (χ0n) is 12.9. The molecule has 0 aromatic heterocycles. The first kappa shape index (κ1) is 15.1. The van der Waals surface area contributed by atoms with Crippen molar-refractivity contribution in [1.29, 1.82) is 5.26 Å². The molecule has 2 aliphatic heterocycles. The fraction of sp³-hybridized carbons (Fsp3) is 0.500. The summed E-state index contributed by atoms with van der Waals surface area (Å²) >= 11 is 0. The normalized spacial score (nSPS) is 22.0. The summed E-state index contributed by atoms with van der Waals surface area (Å²) < 4.78 is 5.49. The van der Waals surface area contributed by atoms with Crippen molar-refractivity contribution in [3.8, 4) is 6.07 Å². The Balaban J connectivity index is 1.59. The Morgan fingerprint density at radius 1 is 1.36 bits per heavy atom. The maximum absolute atomic E-state index is 9.27. The Morgan fingerprint density at radius 2 is 2.27 bits per heavy atom. The van der Waals surface area contributed by atoms with Crippen LogP contribution in [0.3, 0.4) is 0 Å². The highest BCUT2D eigenvalue weighted by Crippen LogP contribution is 2.23. The van der Waals surface area contributed by atoms with E-state index >= 15 is 0 Å². The van der Waals surface area contributed by atoms with E-state index in [1.165, 1.54) is 12.0 Å². The number of anilines is 1. The van der Waals surface area contributed by atoms with Gasteiger partial charge in [0.15, 0.2) is 0 Å². The van der Waals surface area contributed by atoms with Gasteiger partial charge in [-0.3, -0.25) is 0 Å². The average Bonchev–Trinajstić information content (AvgIpc) is 2.61. The molecule has 0 saturated carbocycles. The molecule has 1 fully saturated rings. The van der Waals surface area contributed by atoms with Gasteiger partial charge in [0, 0.05) is 25.7 Å². The molecule has 0 aliphatic carbocycles. The first-order valence-electron chi connectivity index (χ1n) is 8.10. The lowest BCUT2D eigenvalue weighted by Gasteiger charge is -2.35. The van der Waals surface area contributed by atoms with Crippen LogP contribution >= 0.6 is 0 Å². The molecule has 3 rings (SSSR count). The third-order valence-corrected chi connectivity index (χ3v) is 4.39. The van der Waals surface area contributed by atoms with Crippen molar-refractivity contribution in [2.24, 2.45) is 0 Å². The number of piperidine rings is 1. The van der Waals surface area contributed by atoms with Gasteiger partial charge < -0.3 is 15.0 Å². The first-order valence-corrected chi connectivity index (χ1v) is 8.10. The monoisotopic (exact) mass is 297 g/mol. The van der Waals surface area contributed by atoms with E-state index in [1.54, 1.807) is 0 Å². The molecule has 0 radical (unpaired) electrons. The van der Waals surface area contributed by atoms with Gasteiger partial charge in [-0.2, -0.15) is 5.26 Å². The van der Waals surface area contributed by atoms with Crippen LogP contribution in [0.25, 0.3) is 0 Å². The van der Waals surface area contributed by atoms with Gasteiger partial charge in [0.1, 0.15) is 6.07 Å². The minimum Gasteiger partial charge on any atom is -0.377 e. The SMILES string of the molecule is N#Cc1ccccc1N1CCCC(NCC2=CCCOC2)C1. The van der Waals surface area contributed by atoms with Gasteiger partial charge in [-0.15, -0.1) is 0 Å². The van der Waals surface area contributed by atoms with Gasteiger partial charge >= 0.3 is 0 Å². The Kier molecular flexibility index (Phi) is 5.10. The third kappa shape index (κ3) is 3.68. The minimum atomic E-state index is 0.475. The molecule has 1 aromatic rings. The second-order valence-electron chi connectivity index (χ2n) is 6.00. The van der Waals surface area contributed by atoms with Crippen LogP contribution in [0.4, 0.5) is 5.69 Å². The summed E-state index contributed by atoms with van der Waals surface area (Å²) in [5.41, 5.74) is 3.20. The van der Waals surface area contributed by atoms with E-state index in [9.17, 15) is 5.26 Å². The van der Waals surface area contributed by atoms with Crippen LogP contribution < -0.4 is 10.2 Å². The van der Waals surface area contributed by atoms with E-state index in [0.29, 0.717) is 6.04 Å². The quantitative estimate of drug-likeness (QED) is 0.867. The lowest BCUT2D eigenvalue weighted by atomic mass is 10.0. The lowest BCUT2D eigenvalue weighted by Crippen LogP contribution is -2.46. The molecule has 0 spiro atoms. The summed E-state index contributed by atoms with van der Waals surface area (Å²) in [7, 11) is 0. The standard InChI is InChI=1S/C18H23N3O/c19-11-16-6-1-2-8-18(16)21-9-3-7-17(13-21)20-12-15-5-4-10-22-14-15/h1-2,5-6,8,17,20H,3-4,7,9-10,12-14H2. The van der Waals surface area contributed by atoms with Crippen molar-refractivity contribution in [2.75, 3.05) is 37.7 Å². The molecular formula is C18H23N3O. The fourth-order valence-corrected chi connectivity index (χ4v) is 3.21. The van der Waals surface area contributed by atoms with E-state index in [2.05, 4.69) is 28.4 Å². The molecule has 1 atom stereocenters. The van der Waals surface area contributed by atoms with Crippen LogP contribution in [0.1, 0.15) is 24.8 Å². The predicted octanol–water partition coefficient (Wildman–Crippen LogP) is 2.46. The molecule has 1 aromatic carbocycles. The van der Waals surface area contributed by atoms with Crippen molar-refractivity contribution in [1.82, 2.24) is 5.32 Å². The van der Waals surface area contributed by atoms with Crippen LogP contribution in [0.5, 0.6) is 0 Å². The maximum Gasteiger partial charge on any atom is 0.101 e. The van der Waals surface area contributed by atoms with Gasteiger partial charge in [0.2, 0.25) is 0 Å². The molecule has 0 bridgehead atoms. The lowest BCUT2D eigenvalue weighted by molar-refractivity contribution is 0.148. The van der Waals surface area contributed by atoms with E-state index in [4.69, 9.17) is 4.74 Å². The van der Waals surface area contributed by atoms with Crippen LogP contribution in [0.15, 0.2) is 35.9 Å². The average molecular weight is 297 g/mol. The van der Waals surface area contributed by atoms with Crippen molar-refractivity contribution in [3.05, 3.63) is 41.5 Å². The number of rotatable bonds is 4. The molecular weight excluding hydrogens is 274 g/mol. The highest BCUT2D eigenvalue weighted by Gasteiger charge is 2.21. The summed E-state index contributed by atoms with van der Waals surface area (Å²) in [4.78, 5) is 2.34. The van der Waals surface area contributed by atoms with Crippen molar-refractivity contribution in [2.45, 2.75) is 25.3 Å². The van der Waals surface area contributed by atoms with E-state index in [1.807, 2.05) is 18.2 Å². The molecule has 2 heterocycles. The first-order chi connectivity index (χ1) is 10.9. The van der Waals surface area contributed by atoms with Crippen molar-refractivity contribution >= 4 is 5.69 Å². The molecule has 116 valence electrons. The van der Waals surface area contributed by atoms with E-state index in [0.717, 1.165) is 56.9 Å². The molecule has 1 saturated heterocycles. The van der Waals surface area contributed by atoms with E-state index < -0.39 is 0 Å². The number of hydrogen-bond acceptors (Lipinski definition) is 4. The maximum atomic E-state index is 9.27. The third-order valence-electron chi connectivity index (χ3n) is 4.39. The summed E-state index contributed by atoms with van der Waals surface area (Å²) in [6, 6.07) is 10.7. The topological polar surface area (TPSA) is 48.3 Å². The fourth-order valence-electron chi connectivity index (χ4n) is 3.21.